The largest absolute Gasteiger partial charge is 0.497 e. The van der Waals surface area contributed by atoms with Crippen LogP contribution in [0.25, 0.3) is 5.52 Å². The maximum Gasteiger partial charge on any atom is 0.223 e. The van der Waals surface area contributed by atoms with Gasteiger partial charge in [-0.2, -0.15) is 5.10 Å². The topological polar surface area (TPSA) is 56.1 Å². The summed E-state index contributed by atoms with van der Waals surface area (Å²) in [4.78, 5) is 14.4. The molecular weight excluding hydrogens is 342 g/mol. The Hall–Kier alpha value is -3.02. The number of rotatable bonds is 6. The molecule has 0 N–H and O–H groups in total. The number of likely N-dealkylation sites (tertiary alicyclic amines) is 1. The van der Waals surface area contributed by atoms with Crippen LogP contribution < -0.4 is 9.47 Å². The summed E-state index contributed by atoms with van der Waals surface area (Å²) in [7, 11) is 1.65. The summed E-state index contributed by atoms with van der Waals surface area (Å²) in [5.41, 5.74) is 2.03. The van der Waals surface area contributed by atoms with E-state index in [4.69, 9.17) is 9.47 Å². The lowest BCUT2D eigenvalue weighted by molar-refractivity contribution is -0.128. The summed E-state index contributed by atoms with van der Waals surface area (Å²) < 4.78 is 13.2. The minimum absolute atomic E-state index is 0.0593. The highest BCUT2D eigenvalue weighted by molar-refractivity contribution is 5.78. The highest BCUT2D eigenvalue weighted by Gasteiger charge is 2.34. The van der Waals surface area contributed by atoms with Gasteiger partial charge in [-0.3, -0.25) is 4.79 Å². The molecule has 1 aromatic carbocycles. The maximum absolute atomic E-state index is 12.5. The monoisotopic (exact) mass is 365 g/mol. The van der Waals surface area contributed by atoms with Gasteiger partial charge in [0, 0.05) is 31.6 Å². The van der Waals surface area contributed by atoms with E-state index in [1.807, 2.05) is 60.5 Å². The van der Waals surface area contributed by atoms with Crippen LogP contribution in [0.4, 0.5) is 0 Å². The van der Waals surface area contributed by atoms with Gasteiger partial charge in [-0.15, -0.1) is 0 Å². The third kappa shape index (κ3) is 3.60. The number of nitrogens with zero attached hydrogens (tertiary/aromatic N) is 3. The van der Waals surface area contributed by atoms with E-state index in [2.05, 4.69) is 5.10 Å². The summed E-state index contributed by atoms with van der Waals surface area (Å²) in [5.74, 6) is 1.96. The molecule has 0 radical (unpaired) electrons. The quantitative estimate of drug-likeness (QED) is 0.673. The molecule has 1 fully saturated rings. The third-order valence-electron chi connectivity index (χ3n) is 5.15. The molecule has 27 heavy (non-hydrogen) atoms. The molecule has 140 valence electrons. The molecule has 2 aromatic heterocycles. The molecule has 1 aliphatic heterocycles. The molecule has 3 aromatic rings. The maximum atomic E-state index is 12.5. The van der Waals surface area contributed by atoms with Crippen LogP contribution >= 0.6 is 0 Å². The predicted octanol–water partition coefficient (Wildman–Crippen LogP) is 3.16. The van der Waals surface area contributed by atoms with E-state index in [1.165, 1.54) is 0 Å². The lowest BCUT2D eigenvalue weighted by atomic mass is 10.0. The van der Waals surface area contributed by atoms with Gasteiger partial charge in [0.1, 0.15) is 23.1 Å². The van der Waals surface area contributed by atoms with Gasteiger partial charge in [0.15, 0.2) is 0 Å². The lowest BCUT2D eigenvalue weighted by Crippen LogP contribution is -2.28. The van der Waals surface area contributed by atoms with E-state index in [-0.39, 0.29) is 17.9 Å². The number of methoxy groups -OCH3 is 1. The summed E-state index contributed by atoms with van der Waals surface area (Å²) in [6.45, 7) is 3.35. The molecule has 3 heterocycles. The Labute approximate surface area is 158 Å². The molecule has 0 aliphatic carbocycles. The molecule has 2 atom stereocenters. The molecule has 1 aliphatic rings. The second kappa shape index (κ2) is 7.31. The molecule has 4 rings (SSSR count). The van der Waals surface area contributed by atoms with Gasteiger partial charge in [-0.05, 0) is 42.8 Å². The van der Waals surface area contributed by atoms with Crippen molar-refractivity contribution >= 4 is 11.4 Å². The fourth-order valence-corrected chi connectivity index (χ4v) is 3.54. The summed E-state index contributed by atoms with van der Waals surface area (Å²) in [5, 5.41) is 4.23. The highest BCUT2D eigenvalue weighted by atomic mass is 16.5. The molecule has 0 bridgehead atoms. The smallest absolute Gasteiger partial charge is 0.223 e. The Balaban J connectivity index is 1.41. The van der Waals surface area contributed by atoms with Crippen LogP contribution in [0.1, 0.15) is 18.9 Å². The first-order chi connectivity index (χ1) is 13.1. The number of hydrogen-bond donors (Lipinski definition) is 0. The van der Waals surface area contributed by atoms with E-state index in [9.17, 15) is 4.79 Å². The zero-order chi connectivity index (χ0) is 18.8. The van der Waals surface area contributed by atoms with Gasteiger partial charge >= 0.3 is 0 Å². The zero-order valence-corrected chi connectivity index (χ0v) is 15.5. The number of aromatic nitrogens is 2. The Kier molecular flexibility index (Phi) is 4.71. The van der Waals surface area contributed by atoms with Crippen molar-refractivity contribution in [2.45, 2.75) is 26.0 Å². The molecule has 2 unspecified atom stereocenters. The number of amides is 1. The van der Waals surface area contributed by atoms with E-state index in [0.29, 0.717) is 19.5 Å². The SMILES string of the molecule is COc1ccc(CN2CC(C(C)Oc3cccn4nccc34)CC2=O)cc1. The second-order valence-electron chi connectivity index (χ2n) is 6.94. The predicted molar refractivity (Wildman–Crippen MR) is 102 cm³/mol. The summed E-state index contributed by atoms with van der Waals surface area (Å²) in [6, 6.07) is 13.6. The van der Waals surface area contributed by atoms with Crippen molar-refractivity contribution in [3.05, 3.63) is 60.4 Å². The first-order valence-corrected chi connectivity index (χ1v) is 9.14. The van der Waals surface area contributed by atoms with Crippen LogP contribution in [0.5, 0.6) is 11.5 Å². The van der Waals surface area contributed by atoms with Crippen LogP contribution in [0.2, 0.25) is 0 Å². The van der Waals surface area contributed by atoms with Gasteiger partial charge < -0.3 is 14.4 Å². The average molecular weight is 365 g/mol. The zero-order valence-electron chi connectivity index (χ0n) is 15.5. The lowest BCUT2D eigenvalue weighted by Gasteiger charge is -2.22. The van der Waals surface area contributed by atoms with Gasteiger partial charge in [-0.1, -0.05) is 12.1 Å². The fraction of sp³-hybridized carbons (Fsp3) is 0.333. The van der Waals surface area contributed by atoms with Crippen LogP contribution in [0, 0.1) is 5.92 Å². The van der Waals surface area contributed by atoms with Crippen molar-refractivity contribution in [1.82, 2.24) is 14.5 Å². The molecule has 6 heteroatoms. The molecular formula is C21H23N3O3. The van der Waals surface area contributed by atoms with Crippen molar-refractivity contribution in [2.75, 3.05) is 13.7 Å². The molecule has 0 saturated carbocycles. The van der Waals surface area contributed by atoms with Crippen molar-refractivity contribution in [3.8, 4) is 11.5 Å². The van der Waals surface area contributed by atoms with Crippen LogP contribution in [-0.4, -0.2) is 40.2 Å². The van der Waals surface area contributed by atoms with Gasteiger partial charge in [0.25, 0.3) is 0 Å². The highest BCUT2D eigenvalue weighted by Crippen LogP contribution is 2.28. The normalized spacial score (nSPS) is 18.1. The number of pyridine rings is 1. The van der Waals surface area contributed by atoms with E-state index < -0.39 is 0 Å². The first kappa shape index (κ1) is 17.4. The van der Waals surface area contributed by atoms with Crippen LogP contribution in [0.3, 0.4) is 0 Å². The number of ether oxygens (including phenoxy) is 2. The summed E-state index contributed by atoms with van der Waals surface area (Å²) >= 11 is 0. The van der Waals surface area contributed by atoms with Crippen molar-refractivity contribution in [1.29, 1.82) is 0 Å². The third-order valence-corrected chi connectivity index (χ3v) is 5.15. The average Bonchev–Trinajstić information content (AvgIpc) is 3.30. The molecule has 0 spiro atoms. The fourth-order valence-electron chi connectivity index (χ4n) is 3.54. The van der Waals surface area contributed by atoms with Gasteiger partial charge in [0.2, 0.25) is 5.91 Å². The van der Waals surface area contributed by atoms with Crippen molar-refractivity contribution in [3.63, 3.8) is 0 Å². The standard InChI is InChI=1S/C21H23N3O3/c1-15(27-20-4-3-11-24-19(20)9-10-22-24)17-12-21(25)23(14-17)13-16-5-7-18(26-2)8-6-16/h3-11,15,17H,12-14H2,1-2H3. The molecule has 1 saturated heterocycles. The van der Waals surface area contributed by atoms with E-state index >= 15 is 0 Å². The first-order valence-electron chi connectivity index (χ1n) is 9.14. The number of carbonyl (C=O) groups excluding carboxylic acids is 1. The van der Waals surface area contributed by atoms with Gasteiger partial charge in [0.05, 0.1) is 13.3 Å². The van der Waals surface area contributed by atoms with Crippen molar-refractivity contribution < 1.29 is 14.3 Å². The number of fused-ring (bicyclic) bond motifs is 1. The number of carbonyl (C=O) groups is 1. The number of hydrogen-bond acceptors (Lipinski definition) is 4. The minimum Gasteiger partial charge on any atom is -0.497 e. The number of benzene rings is 1. The van der Waals surface area contributed by atoms with Crippen LogP contribution in [0.15, 0.2) is 54.9 Å². The second-order valence-corrected chi connectivity index (χ2v) is 6.94. The molecule has 6 nitrogen and oxygen atoms in total. The van der Waals surface area contributed by atoms with Crippen molar-refractivity contribution in [2.24, 2.45) is 5.92 Å². The minimum atomic E-state index is -0.0593. The van der Waals surface area contributed by atoms with E-state index in [0.717, 1.165) is 22.6 Å². The van der Waals surface area contributed by atoms with E-state index in [1.54, 1.807) is 17.8 Å². The Morgan fingerprint density at radius 1 is 1.22 bits per heavy atom. The van der Waals surface area contributed by atoms with Gasteiger partial charge in [-0.25, -0.2) is 4.52 Å². The Morgan fingerprint density at radius 2 is 2.04 bits per heavy atom. The Bertz CT molecular complexity index is 935. The Morgan fingerprint density at radius 3 is 2.81 bits per heavy atom. The summed E-state index contributed by atoms with van der Waals surface area (Å²) in [6.07, 6.45) is 4.10. The molecule has 1 amide bonds. The van der Waals surface area contributed by atoms with Crippen LogP contribution in [-0.2, 0) is 11.3 Å².